The summed E-state index contributed by atoms with van der Waals surface area (Å²) in [6.07, 6.45) is 52.9. The lowest BCUT2D eigenvalue weighted by molar-refractivity contribution is -0.379. The van der Waals surface area contributed by atoms with Crippen LogP contribution in [0, 0.1) is 0 Å². The van der Waals surface area contributed by atoms with Gasteiger partial charge in [-0.2, -0.15) is 0 Å². The van der Waals surface area contributed by atoms with Crippen LogP contribution in [0.1, 0.15) is 354 Å². The van der Waals surface area contributed by atoms with Gasteiger partial charge in [0.25, 0.3) is 0 Å². The second kappa shape index (κ2) is 63.9. The van der Waals surface area contributed by atoms with Crippen LogP contribution in [-0.2, 0) is 33.2 Å². The number of unbranched alkanes of at least 4 members (excludes halogenated alkanes) is 48. The highest BCUT2D eigenvalue weighted by molar-refractivity contribution is 5.76. The minimum atomic E-state index is -1.98. The van der Waals surface area contributed by atoms with Crippen molar-refractivity contribution >= 4 is 5.91 Å². The Morgan fingerprint density at radius 2 is 0.627 bits per heavy atom. The molecular weight excluding hydrogens is 1300 g/mol. The maximum atomic E-state index is 13.5. The Kier molecular flexibility index (Phi) is 59.0. The molecule has 1 amide bonds. The Bertz CT molecular complexity index is 1980. The van der Waals surface area contributed by atoms with Gasteiger partial charge in [0.15, 0.2) is 18.9 Å². The van der Waals surface area contributed by atoms with Crippen LogP contribution >= 0.6 is 0 Å². The number of carbonyl (C=O) groups excluding carboxylic acids is 1. The van der Waals surface area contributed by atoms with Gasteiger partial charge in [-0.05, 0) is 57.8 Å². The average molecular weight is 1460 g/mol. The third-order valence-electron chi connectivity index (χ3n) is 21.2. The number of ether oxygens (including phenoxy) is 6. The highest BCUT2D eigenvalue weighted by Gasteiger charge is 2.54. The fraction of sp³-hybridized carbons (Fsp3) is 0.916. The minimum Gasteiger partial charge on any atom is -0.394 e. The zero-order chi connectivity index (χ0) is 73.9. The molecule has 12 N–H and O–H groups in total. The van der Waals surface area contributed by atoms with Crippen molar-refractivity contribution in [2.75, 3.05) is 26.4 Å². The predicted octanol–water partition coefficient (Wildman–Crippen LogP) is 14.7. The normalized spacial score (nSPS) is 26.3. The van der Waals surface area contributed by atoms with Gasteiger partial charge in [-0.15, -0.1) is 0 Å². The molecule has 3 aliphatic rings. The summed E-state index contributed by atoms with van der Waals surface area (Å²) in [4.78, 5) is 13.5. The number of allylic oxidation sites excluding steroid dienone is 5. The molecule has 3 rings (SSSR count). The van der Waals surface area contributed by atoms with Gasteiger partial charge in [-0.3, -0.25) is 4.79 Å². The quantitative estimate of drug-likeness (QED) is 0.0199. The summed E-state index contributed by atoms with van der Waals surface area (Å²) in [6.45, 7) is 1.78. The van der Waals surface area contributed by atoms with Gasteiger partial charge in [-0.1, -0.05) is 326 Å². The topological polar surface area (TPSA) is 307 Å². The lowest BCUT2D eigenvalue weighted by Crippen LogP contribution is -2.66. The molecule has 600 valence electrons. The van der Waals surface area contributed by atoms with E-state index >= 15 is 0 Å². The van der Waals surface area contributed by atoms with E-state index in [2.05, 4.69) is 43.5 Å². The summed E-state index contributed by atoms with van der Waals surface area (Å²) in [5, 5.41) is 121. The maximum Gasteiger partial charge on any atom is 0.220 e. The SMILES string of the molecule is CCCCCCCCCC/C=C\CCCCCCCCCCCCCCCCCC(=O)NC(COC1OC(CO)C(OC2OC(CO)C(OC3OC(CO)C(O)C(O)C3O)C(O)C2O)C(O)C1O)C(O)/C=C/CC/C=C/CCCCCCCCCCCCCCCCCCCCCCCCCC. The fourth-order valence-electron chi connectivity index (χ4n) is 14.4. The predicted molar refractivity (Wildman–Crippen MR) is 406 cm³/mol. The van der Waals surface area contributed by atoms with Gasteiger partial charge in [0.1, 0.15) is 73.2 Å². The Labute approximate surface area is 619 Å². The lowest BCUT2D eigenvalue weighted by Gasteiger charge is -2.48. The number of aliphatic hydroxyl groups excluding tert-OH is 11. The Balaban J connectivity index is 1.37. The average Bonchev–Trinajstić information content (AvgIpc) is 0.782. The van der Waals surface area contributed by atoms with Gasteiger partial charge >= 0.3 is 0 Å². The van der Waals surface area contributed by atoms with Crippen molar-refractivity contribution < 1.29 is 89.4 Å². The summed E-state index contributed by atoms with van der Waals surface area (Å²) < 4.78 is 34.5. The number of nitrogens with one attached hydrogen (secondary N) is 1. The first kappa shape index (κ1) is 94.2. The lowest BCUT2D eigenvalue weighted by atomic mass is 9.96. The second-order valence-corrected chi connectivity index (χ2v) is 30.3. The van der Waals surface area contributed by atoms with Gasteiger partial charge in [0, 0.05) is 6.42 Å². The van der Waals surface area contributed by atoms with Crippen molar-refractivity contribution in [3.05, 3.63) is 36.5 Å². The molecule has 19 heteroatoms. The summed E-state index contributed by atoms with van der Waals surface area (Å²) in [6, 6.07) is -0.991. The van der Waals surface area contributed by atoms with E-state index in [0.29, 0.717) is 12.8 Å². The van der Waals surface area contributed by atoms with Crippen molar-refractivity contribution in [2.45, 2.75) is 458 Å². The number of aliphatic hydroxyl groups is 11. The molecule has 102 heavy (non-hydrogen) atoms. The van der Waals surface area contributed by atoms with E-state index < -0.39 is 124 Å². The molecule has 0 radical (unpaired) electrons. The third-order valence-corrected chi connectivity index (χ3v) is 21.2. The third kappa shape index (κ3) is 43.3. The highest BCUT2D eigenvalue weighted by atomic mass is 16.8. The molecule has 0 aromatic rings. The van der Waals surface area contributed by atoms with Crippen LogP contribution in [0.25, 0.3) is 0 Å². The standard InChI is InChI=1S/C83H155NO18/c1-3-5-7-9-11-13-15-17-19-21-23-25-27-29-31-32-33-35-36-38-40-42-44-46-48-50-52-54-56-58-60-67(88)66(84-71(89)61-59-57-55-53-51-49-47-45-43-41-39-37-34-30-28-26-24-22-20-18-16-14-12-10-8-6-4-2)65-97-81-77(95)74(92)79(69(63-86)99-81)102-83-78(96)75(93)80(70(64-87)100-83)101-82-76(94)73(91)72(90)68(62-85)98-82/h22,24,50,52,58,60,66-70,72-83,85-88,90-96H,3-21,23,25-49,51,53-57,59,61-65H2,1-2H3,(H,84,89)/b24-22-,52-50+,60-58+. The first-order chi connectivity index (χ1) is 49.8. The zero-order valence-corrected chi connectivity index (χ0v) is 64.4. The molecule has 17 unspecified atom stereocenters. The minimum absolute atomic E-state index is 0.238. The van der Waals surface area contributed by atoms with Crippen molar-refractivity contribution in [3.63, 3.8) is 0 Å². The molecule has 3 saturated heterocycles. The van der Waals surface area contributed by atoms with E-state index in [0.717, 1.165) is 38.5 Å². The van der Waals surface area contributed by atoms with E-state index in [-0.39, 0.29) is 18.9 Å². The zero-order valence-electron chi connectivity index (χ0n) is 64.4. The smallest absolute Gasteiger partial charge is 0.220 e. The van der Waals surface area contributed by atoms with Crippen LogP contribution in [0.5, 0.6) is 0 Å². The molecule has 0 aromatic carbocycles. The van der Waals surface area contributed by atoms with E-state index in [9.17, 15) is 61.0 Å². The van der Waals surface area contributed by atoms with Crippen LogP contribution in [0.3, 0.4) is 0 Å². The molecule has 3 fully saturated rings. The second-order valence-electron chi connectivity index (χ2n) is 30.3. The molecule has 0 saturated carbocycles. The van der Waals surface area contributed by atoms with Crippen molar-refractivity contribution in [1.29, 1.82) is 0 Å². The van der Waals surface area contributed by atoms with Crippen LogP contribution in [0.2, 0.25) is 0 Å². The highest BCUT2D eigenvalue weighted by Crippen LogP contribution is 2.33. The summed E-state index contributed by atoms with van der Waals surface area (Å²) in [5.74, 6) is -0.279. The van der Waals surface area contributed by atoms with Crippen molar-refractivity contribution in [3.8, 4) is 0 Å². The van der Waals surface area contributed by atoms with Gasteiger partial charge in [0.2, 0.25) is 5.91 Å². The maximum absolute atomic E-state index is 13.5. The Morgan fingerprint density at radius 3 is 0.980 bits per heavy atom. The fourth-order valence-corrected chi connectivity index (χ4v) is 14.4. The number of hydrogen-bond donors (Lipinski definition) is 12. The van der Waals surface area contributed by atoms with Crippen LogP contribution in [0.4, 0.5) is 0 Å². The van der Waals surface area contributed by atoms with Crippen LogP contribution in [0.15, 0.2) is 36.5 Å². The Hall–Kier alpha value is -1.99. The molecule has 0 bridgehead atoms. The van der Waals surface area contributed by atoms with E-state index in [4.69, 9.17) is 28.4 Å². The largest absolute Gasteiger partial charge is 0.394 e. The molecule has 0 aliphatic carbocycles. The van der Waals surface area contributed by atoms with Gasteiger partial charge in [0.05, 0.1) is 38.6 Å². The van der Waals surface area contributed by atoms with E-state index in [1.54, 1.807) is 6.08 Å². The molecule has 17 atom stereocenters. The van der Waals surface area contributed by atoms with Crippen LogP contribution < -0.4 is 5.32 Å². The molecule has 3 heterocycles. The monoisotopic (exact) mass is 1450 g/mol. The van der Waals surface area contributed by atoms with Crippen molar-refractivity contribution in [2.24, 2.45) is 0 Å². The molecule has 3 aliphatic heterocycles. The summed E-state index contributed by atoms with van der Waals surface area (Å²) >= 11 is 0. The van der Waals surface area contributed by atoms with Gasteiger partial charge < -0.3 is 89.9 Å². The van der Waals surface area contributed by atoms with E-state index in [1.165, 1.54) is 283 Å². The molecular formula is C83H155NO18. The summed E-state index contributed by atoms with van der Waals surface area (Å²) in [5.41, 5.74) is 0. The Morgan fingerprint density at radius 1 is 0.343 bits per heavy atom. The number of amides is 1. The molecule has 0 aromatic heterocycles. The van der Waals surface area contributed by atoms with Crippen molar-refractivity contribution in [1.82, 2.24) is 5.32 Å². The number of rotatable bonds is 68. The number of hydrogen-bond acceptors (Lipinski definition) is 18. The first-order valence-corrected chi connectivity index (χ1v) is 42.2. The number of carbonyl (C=O) groups is 1. The molecule has 19 nitrogen and oxygen atoms in total. The first-order valence-electron chi connectivity index (χ1n) is 42.2. The summed E-state index contributed by atoms with van der Waals surface area (Å²) in [7, 11) is 0. The van der Waals surface area contributed by atoms with Gasteiger partial charge in [-0.25, -0.2) is 0 Å². The van der Waals surface area contributed by atoms with Crippen LogP contribution in [-0.4, -0.2) is 193 Å². The van der Waals surface area contributed by atoms with E-state index in [1.807, 2.05) is 6.08 Å². The molecule has 0 spiro atoms.